The van der Waals surface area contributed by atoms with Gasteiger partial charge in [-0.2, -0.15) is 0 Å². The van der Waals surface area contributed by atoms with Gasteiger partial charge in [-0.3, -0.25) is 14.9 Å². The van der Waals surface area contributed by atoms with Crippen LogP contribution in [0.2, 0.25) is 10.0 Å². The van der Waals surface area contributed by atoms with Crippen molar-refractivity contribution in [3.05, 3.63) is 67.9 Å². The Morgan fingerprint density at radius 3 is 2.60 bits per heavy atom. The number of carbonyl (C=O) groups excluding carboxylic acids is 1. The molecule has 7 heteroatoms. The molecule has 0 atom stereocenters. The standard InChI is InChI=1S/C13H7Cl2NO4/c14-8-1-4-10(11(15)7-8)12(17)5-2-9-3-6-13(20-9)16(18)19/h1-7H/b5-2+. The largest absolute Gasteiger partial charge is 0.433 e. The Balaban J connectivity index is 2.17. The zero-order valence-corrected chi connectivity index (χ0v) is 11.4. The van der Waals surface area contributed by atoms with Crippen molar-refractivity contribution in [3.8, 4) is 0 Å². The number of hydrogen-bond donors (Lipinski definition) is 0. The summed E-state index contributed by atoms with van der Waals surface area (Å²) in [5.74, 6) is -0.539. The summed E-state index contributed by atoms with van der Waals surface area (Å²) < 4.78 is 4.89. The minimum Gasteiger partial charge on any atom is -0.401 e. The summed E-state index contributed by atoms with van der Waals surface area (Å²) in [5.41, 5.74) is 0.286. The van der Waals surface area contributed by atoms with Gasteiger partial charge in [0.25, 0.3) is 0 Å². The minimum atomic E-state index is -0.658. The van der Waals surface area contributed by atoms with E-state index in [1.165, 1.54) is 36.4 Å². The highest BCUT2D eigenvalue weighted by Crippen LogP contribution is 2.22. The summed E-state index contributed by atoms with van der Waals surface area (Å²) in [6.45, 7) is 0. The van der Waals surface area contributed by atoms with E-state index in [-0.39, 0.29) is 28.0 Å². The molecule has 0 aliphatic carbocycles. The highest BCUT2D eigenvalue weighted by Gasteiger charge is 2.11. The number of nitrogens with zero attached hydrogens (tertiary/aromatic N) is 1. The molecule has 0 N–H and O–H groups in total. The second-order valence-electron chi connectivity index (χ2n) is 3.75. The van der Waals surface area contributed by atoms with E-state index in [9.17, 15) is 14.9 Å². The van der Waals surface area contributed by atoms with Gasteiger partial charge in [0.05, 0.1) is 11.1 Å². The fraction of sp³-hybridized carbons (Fsp3) is 0. The fourth-order valence-corrected chi connectivity index (χ4v) is 1.97. The Bertz CT molecular complexity index is 706. The fourth-order valence-electron chi connectivity index (χ4n) is 1.47. The van der Waals surface area contributed by atoms with E-state index >= 15 is 0 Å². The lowest BCUT2D eigenvalue weighted by molar-refractivity contribution is -0.402. The molecule has 0 saturated heterocycles. The average Bonchev–Trinajstić information content (AvgIpc) is 2.85. The minimum absolute atomic E-state index is 0.204. The zero-order chi connectivity index (χ0) is 14.7. The van der Waals surface area contributed by atoms with Gasteiger partial charge in [0.1, 0.15) is 10.7 Å². The molecule has 2 rings (SSSR count). The summed E-state index contributed by atoms with van der Waals surface area (Å²) in [5, 5.41) is 11.1. The Hall–Kier alpha value is -2.11. The molecule has 1 heterocycles. The second-order valence-corrected chi connectivity index (χ2v) is 4.60. The predicted octanol–water partition coefficient (Wildman–Crippen LogP) is 4.39. The van der Waals surface area contributed by atoms with Crippen molar-refractivity contribution in [3.63, 3.8) is 0 Å². The van der Waals surface area contributed by atoms with E-state index in [0.29, 0.717) is 5.02 Å². The van der Waals surface area contributed by atoms with Crippen LogP contribution in [0.5, 0.6) is 0 Å². The molecule has 0 aliphatic rings. The molecule has 0 amide bonds. The summed E-state index contributed by atoms with van der Waals surface area (Å²) in [6.07, 6.45) is 2.55. The second kappa shape index (κ2) is 5.90. The molecule has 0 saturated carbocycles. The molecule has 0 bridgehead atoms. The van der Waals surface area contributed by atoms with Crippen molar-refractivity contribution in [2.75, 3.05) is 0 Å². The van der Waals surface area contributed by atoms with Crippen LogP contribution < -0.4 is 0 Å². The van der Waals surface area contributed by atoms with Gasteiger partial charge in [0, 0.05) is 10.6 Å². The third-order valence-corrected chi connectivity index (χ3v) is 2.94. The first-order valence-electron chi connectivity index (χ1n) is 5.39. The van der Waals surface area contributed by atoms with Crippen LogP contribution >= 0.6 is 23.2 Å². The van der Waals surface area contributed by atoms with E-state index < -0.39 is 4.92 Å². The van der Waals surface area contributed by atoms with Crippen molar-refractivity contribution in [2.24, 2.45) is 0 Å². The number of carbonyl (C=O) groups is 1. The molecule has 0 unspecified atom stereocenters. The number of ketones is 1. The Labute approximate surface area is 123 Å². The third-order valence-electron chi connectivity index (χ3n) is 2.39. The Morgan fingerprint density at radius 2 is 2.00 bits per heavy atom. The van der Waals surface area contributed by atoms with Gasteiger partial charge in [-0.1, -0.05) is 23.2 Å². The van der Waals surface area contributed by atoms with Crippen molar-refractivity contribution >= 4 is 40.9 Å². The normalized spacial score (nSPS) is 10.9. The molecule has 0 radical (unpaired) electrons. The molecule has 20 heavy (non-hydrogen) atoms. The summed E-state index contributed by atoms with van der Waals surface area (Å²) in [4.78, 5) is 21.7. The lowest BCUT2D eigenvalue weighted by Crippen LogP contribution is -1.94. The quantitative estimate of drug-likeness (QED) is 0.363. The molecule has 0 spiro atoms. The van der Waals surface area contributed by atoms with Gasteiger partial charge >= 0.3 is 5.88 Å². The molecule has 1 aromatic carbocycles. The van der Waals surface area contributed by atoms with E-state index in [1.807, 2.05) is 0 Å². The molecule has 1 aromatic heterocycles. The third kappa shape index (κ3) is 3.26. The van der Waals surface area contributed by atoms with Crippen molar-refractivity contribution < 1.29 is 14.1 Å². The number of furan rings is 1. The van der Waals surface area contributed by atoms with Gasteiger partial charge in [-0.05, 0) is 36.4 Å². The smallest absolute Gasteiger partial charge is 0.401 e. The zero-order valence-electron chi connectivity index (χ0n) is 9.88. The first-order chi connectivity index (χ1) is 9.47. The summed E-state index contributed by atoms with van der Waals surface area (Å²) in [7, 11) is 0. The number of rotatable bonds is 4. The number of allylic oxidation sites excluding steroid dienone is 1. The highest BCUT2D eigenvalue weighted by molar-refractivity contribution is 6.37. The van der Waals surface area contributed by atoms with Gasteiger partial charge in [0.2, 0.25) is 0 Å². The maximum absolute atomic E-state index is 11.9. The van der Waals surface area contributed by atoms with Crippen LogP contribution in [0.1, 0.15) is 16.1 Å². The number of hydrogen-bond acceptors (Lipinski definition) is 4. The number of benzene rings is 1. The predicted molar refractivity (Wildman–Crippen MR) is 75.2 cm³/mol. The van der Waals surface area contributed by atoms with Crippen LogP contribution in [0.25, 0.3) is 6.08 Å². The van der Waals surface area contributed by atoms with E-state index in [4.69, 9.17) is 27.6 Å². The van der Waals surface area contributed by atoms with Crippen LogP contribution in [0, 0.1) is 10.1 Å². The summed E-state index contributed by atoms with van der Waals surface area (Å²) in [6, 6.07) is 7.11. The Morgan fingerprint density at radius 1 is 1.25 bits per heavy atom. The Kier molecular flexibility index (Phi) is 4.22. The number of halogens is 2. The molecular weight excluding hydrogens is 305 g/mol. The van der Waals surface area contributed by atoms with Crippen molar-refractivity contribution in [2.45, 2.75) is 0 Å². The molecule has 0 fully saturated rings. The molecule has 2 aromatic rings. The topological polar surface area (TPSA) is 73.3 Å². The summed E-state index contributed by atoms with van der Waals surface area (Å²) >= 11 is 11.6. The van der Waals surface area contributed by atoms with Crippen molar-refractivity contribution in [1.29, 1.82) is 0 Å². The molecule has 0 aliphatic heterocycles. The van der Waals surface area contributed by atoms with Crippen LogP contribution in [-0.4, -0.2) is 10.7 Å². The SMILES string of the molecule is O=C(/C=C/c1ccc([N+](=O)[O-])o1)c1ccc(Cl)cc1Cl. The van der Waals surface area contributed by atoms with Crippen LogP contribution in [-0.2, 0) is 0 Å². The maximum Gasteiger partial charge on any atom is 0.433 e. The van der Waals surface area contributed by atoms with Crippen molar-refractivity contribution in [1.82, 2.24) is 0 Å². The van der Waals surface area contributed by atoms with Crippen LogP contribution in [0.4, 0.5) is 5.88 Å². The lowest BCUT2D eigenvalue weighted by atomic mass is 10.1. The van der Waals surface area contributed by atoms with Gasteiger partial charge in [0.15, 0.2) is 5.78 Å². The number of nitro groups is 1. The lowest BCUT2D eigenvalue weighted by Gasteiger charge is -1.99. The van der Waals surface area contributed by atoms with Gasteiger partial charge in [-0.25, -0.2) is 0 Å². The molecule has 102 valence electrons. The van der Waals surface area contributed by atoms with Crippen LogP contribution in [0.3, 0.4) is 0 Å². The monoisotopic (exact) mass is 311 g/mol. The highest BCUT2D eigenvalue weighted by atomic mass is 35.5. The maximum atomic E-state index is 11.9. The van der Waals surface area contributed by atoms with Crippen LogP contribution in [0.15, 0.2) is 40.8 Å². The molecular formula is C13H7Cl2NO4. The van der Waals surface area contributed by atoms with Gasteiger partial charge < -0.3 is 4.42 Å². The van der Waals surface area contributed by atoms with E-state index in [1.54, 1.807) is 6.07 Å². The van der Waals surface area contributed by atoms with E-state index in [0.717, 1.165) is 0 Å². The van der Waals surface area contributed by atoms with E-state index in [2.05, 4.69) is 0 Å². The first-order valence-corrected chi connectivity index (χ1v) is 6.14. The first kappa shape index (κ1) is 14.3. The van der Waals surface area contributed by atoms with Gasteiger partial charge in [-0.15, -0.1) is 0 Å². The molecule has 5 nitrogen and oxygen atoms in total. The average molecular weight is 312 g/mol.